The number of esters is 1. The molecular formula is C27H28N6O4. The second kappa shape index (κ2) is 12.4. The smallest absolute Gasteiger partial charge is 0.310 e. The molecule has 0 saturated carbocycles. The fourth-order valence-corrected chi connectivity index (χ4v) is 3.55. The lowest BCUT2D eigenvalue weighted by Crippen LogP contribution is -2.10. The molecule has 0 atom stereocenters. The van der Waals surface area contributed by atoms with Gasteiger partial charge in [0, 0.05) is 22.6 Å². The molecule has 0 unspecified atom stereocenters. The predicted molar refractivity (Wildman–Crippen MR) is 141 cm³/mol. The maximum Gasteiger partial charge on any atom is 0.310 e. The van der Waals surface area contributed by atoms with E-state index in [0.29, 0.717) is 17.6 Å². The largest absolute Gasteiger partial charge is 0.469 e. The third-order valence-electron chi connectivity index (χ3n) is 5.33. The second-order valence-corrected chi connectivity index (χ2v) is 8.05. The van der Waals surface area contributed by atoms with Crippen molar-refractivity contribution in [2.75, 3.05) is 30.2 Å². The Labute approximate surface area is 215 Å². The zero-order chi connectivity index (χ0) is 26.0. The molecule has 0 spiro atoms. The molecule has 0 aliphatic rings. The summed E-state index contributed by atoms with van der Waals surface area (Å²) in [6.07, 6.45) is 0.108. The summed E-state index contributed by atoms with van der Waals surface area (Å²) in [4.78, 5) is 35.5. The van der Waals surface area contributed by atoms with Gasteiger partial charge < -0.3 is 20.7 Å². The molecule has 0 aliphatic carbocycles. The van der Waals surface area contributed by atoms with E-state index in [1.165, 1.54) is 14.2 Å². The van der Waals surface area contributed by atoms with Crippen LogP contribution in [0.1, 0.15) is 16.7 Å². The van der Waals surface area contributed by atoms with Crippen molar-refractivity contribution < 1.29 is 19.3 Å². The Kier molecular flexibility index (Phi) is 8.58. The highest BCUT2D eigenvalue weighted by Gasteiger charge is 2.13. The molecular weight excluding hydrogens is 472 g/mol. The molecule has 0 fully saturated rings. The first-order chi connectivity index (χ1) is 18.0. The van der Waals surface area contributed by atoms with Crippen LogP contribution in [0.4, 0.5) is 34.9 Å². The van der Waals surface area contributed by atoms with E-state index in [2.05, 4.69) is 30.9 Å². The van der Waals surface area contributed by atoms with Gasteiger partial charge >= 0.3 is 5.97 Å². The number of benzene rings is 3. The summed E-state index contributed by atoms with van der Waals surface area (Å²) < 4.78 is 4.83. The number of hydrogen-bond donors (Lipinski definition) is 3. The molecule has 1 aromatic heterocycles. The van der Waals surface area contributed by atoms with Crippen LogP contribution in [-0.4, -0.2) is 35.1 Å². The van der Waals surface area contributed by atoms with Gasteiger partial charge in [0.25, 0.3) is 0 Å². The number of nitrogens with zero attached hydrogens (tertiary/aromatic N) is 3. The van der Waals surface area contributed by atoms with E-state index >= 15 is 0 Å². The number of rotatable bonds is 11. The van der Waals surface area contributed by atoms with Crippen LogP contribution in [0, 0.1) is 6.92 Å². The summed E-state index contributed by atoms with van der Waals surface area (Å²) in [5.74, 6) is 0.587. The number of anilines is 6. The van der Waals surface area contributed by atoms with Crippen LogP contribution in [0.3, 0.4) is 0 Å². The number of aromatic nitrogens is 3. The first kappa shape index (κ1) is 25.5. The number of methoxy groups -OCH3 is 1. The third kappa shape index (κ3) is 7.23. The fraction of sp³-hybridized carbons (Fsp3) is 0.185. The van der Waals surface area contributed by atoms with Crippen molar-refractivity contribution in [3.05, 3.63) is 89.5 Å². The van der Waals surface area contributed by atoms with E-state index in [0.717, 1.165) is 28.1 Å². The normalized spacial score (nSPS) is 10.6. The topological polar surface area (TPSA) is 120 Å². The van der Waals surface area contributed by atoms with Gasteiger partial charge in [-0.25, -0.2) is 9.78 Å². The minimum atomic E-state index is -0.344. The average Bonchev–Trinajstić information content (AvgIpc) is 2.89. The van der Waals surface area contributed by atoms with Crippen molar-refractivity contribution >= 4 is 40.9 Å². The summed E-state index contributed by atoms with van der Waals surface area (Å²) in [7, 11) is 2.82. The molecule has 37 heavy (non-hydrogen) atoms. The SMILES string of the molecule is COOCc1ccccc1Nc1nc(Nc2cccc(C)c2)nc(Nc2ccccc2CC(=O)OC)n1. The van der Waals surface area contributed by atoms with E-state index in [-0.39, 0.29) is 24.9 Å². The molecule has 0 bridgehead atoms. The Morgan fingerprint density at radius 3 is 1.97 bits per heavy atom. The number of nitrogens with one attached hydrogen (secondary N) is 3. The van der Waals surface area contributed by atoms with Gasteiger partial charge in [-0.15, -0.1) is 0 Å². The van der Waals surface area contributed by atoms with Gasteiger partial charge in [-0.05, 0) is 42.3 Å². The van der Waals surface area contributed by atoms with Crippen LogP contribution in [0.5, 0.6) is 0 Å². The molecule has 3 N–H and O–H groups in total. The van der Waals surface area contributed by atoms with Gasteiger partial charge in [0.1, 0.15) is 6.61 Å². The predicted octanol–water partition coefficient (Wildman–Crippen LogP) is 5.20. The highest BCUT2D eigenvalue weighted by molar-refractivity contribution is 5.76. The van der Waals surface area contributed by atoms with Crippen molar-refractivity contribution in [3.63, 3.8) is 0 Å². The highest BCUT2D eigenvalue weighted by atomic mass is 17.2. The number of hydrogen-bond acceptors (Lipinski definition) is 10. The molecule has 10 nitrogen and oxygen atoms in total. The van der Waals surface area contributed by atoms with Crippen LogP contribution in [0.15, 0.2) is 72.8 Å². The van der Waals surface area contributed by atoms with E-state index < -0.39 is 0 Å². The van der Waals surface area contributed by atoms with E-state index in [9.17, 15) is 4.79 Å². The molecule has 4 rings (SSSR count). The summed E-state index contributed by atoms with van der Waals surface area (Å²) >= 11 is 0. The monoisotopic (exact) mass is 500 g/mol. The van der Waals surface area contributed by atoms with Gasteiger partial charge in [-0.2, -0.15) is 15.0 Å². The first-order valence-electron chi connectivity index (χ1n) is 11.6. The van der Waals surface area contributed by atoms with Gasteiger partial charge in [-0.3, -0.25) is 4.79 Å². The quantitative estimate of drug-likeness (QED) is 0.144. The maximum absolute atomic E-state index is 11.9. The Hall–Kier alpha value is -4.54. The van der Waals surface area contributed by atoms with Crippen LogP contribution in [-0.2, 0) is 32.3 Å². The summed E-state index contributed by atoms with van der Waals surface area (Å²) in [5, 5.41) is 9.71. The molecule has 10 heteroatoms. The van der Waals surface area contributed by atoms with Crippen LogP contribution in [0.2, 0.25) is 0 Å². The van der Waals surface area contributed by atoms with Crippen molar-refractivity contribution in [2.24, 2.45) is 0 Å². The van der Waals surface area contributed by atoms with E-state index in [4.69, 9.17) is 14.5 Å². The minimum absolute atomic E-state index is 0.108. The molecule has 4 aromatic rings. The molecule has 0 aliphatic heterocycles. The fourth-order valence-electron chi connectivity index (χ4n) is 3.55. The Balaban J connectivity index is 1.68. The van der Waals surface area contributed by atoms with Crippen LogP contribution >= 0.6 is 0 Å². The molecule has 0 saturated heterocycles. The van der Waals surface area contributed by atoms with Crippen molar-refractivity contribution in [1.82, 2.24) is 15.0 Å². The average molecular weight is 501 g/mol. The van der Waals surface area contributed by atoms with Crippen molar-refractivity contribution in [1.29, 1.82) is 0 Å². The molecule has 3 aromatic carbocycles. The zero-order valence-electron chi connectivity index (χ0n) is 20.8. The molecule has 0 amide bonds. The Morgan fingerprint density at radius 1 is 0.757 bits per heavy atom. The second-order valence-electron chi connectivity index (χ2n) is 8.05. The Morgan fingerprint density at radius 2 is 1.35 bits per heavy atom. The summed E-state index contributed by atoms with van der Waals surface area (Å²) in [6, 6.07) is 22.9. The molecule has 1 heterocycles. The number of carbonyl (C=O) groups excluding carboxylic acids is 1. The zero-order valence-corrected chi connectivity index (χ0v) is 20.8. The highest BCUT2D eigenvalue weighted by Crippen LogP contribution is 2.25. The van der Waals surface area contributed by atoms with Gasteiger partial charge in [0.2, 0.25) is 17.8 Å². The van der Waals surface area contributed by atoms with Crippen molar-refractivity contribution in [3.8, 4) is 0 Å². The Bertz CT molecular complexity index is 1360. The van der Waals surface area contributed by atoms with Crippen LogP contribution < -0.4 is 16.0 Å². The van der Waals surface area contributed by atoms with Crippen molar-refractivity contribution in [2.45, 2.75) is 20.0 Å². The molecule has 190 valence electrons. The van der Waals surface area contributed by atoms with E-state index in [1.807, 2.05) is 79.7 Å². The number of ether oxygens (including phenoxy) is 1. The maximum atomic E-state index is 11.9. The number of para-hydroxylation sites is 2. The number of carbonyl (C=O) groups is 1. The van der Waals surface area contributed by atoms with E-state index in [1.54, 1.807) is 0 Å². The third-order valence-corrected chi connectivity index (χ3v) is 5.33. The summed E-state index contributed by atoms with van der Waals surface area (Å²) in [6.45, 7) is 2.25. The lowest BCUT2D eigenvalue weighted by Gasteiger charge is -2.15. The van der Waals surface area contributed by atoms with Gasteiger partial charge in [-0.1, -0.05) is 48.5 Å². The van der Waals surface area contributed by atoms with Gasteiger partial charge in [0.05, 0.1) is 20.6 Å². The number of aryl methyl sites for hydroxylation is 1. The van der Waals surface area contributed by atoms with Gasteiger partial charge in [0.15, 0.2) is 0 Å². The standard InChI is InChI=1S/C27H28N6O4/c1-18-9-8-12-21(15-18)28-25-31-26(29-22-13-6-4-10-19(22)16-24(34)35-2)33-27(32-25)30-23-14-7-5-11-20(23)17-37-36-3/h4-15H,16-17H2,1-3H3,(H3,28,29,30,31,32,33). The van der Waals surface area contributed by atoms with Crippen LogP contribution in [0.25, 0.3) is 0 Å². The summed E-state index contributed by atoms with van der Waals surface area (Å²) in [5.41, 5.74) is 4.97. The lowest BCUT2D eigenvalue weighted by molar-refractivity contribution is -0.282. The lowest BCUT2D eigenvalue weighted by atomic mass is 10.1. The minimum Gasteiger partial charge on any atom is -0.469 e. The first-order valence-corrected chi connectivity index (χ1v) is 11.6. The molecule has 0 radical (unpaired) electrons.